The van der Waals surface area contributed by atoms with Gasteiger partial charge in [0, 0.05) is 105 Å². The van der Waals surface area contributed by atoms with Gasteiger partial charge in [-0.2, -0.15) is 8.75 Å². The van der Waals surface area contributed by atoms with E-state index < -0.39 is 0 Å². The van der Waals surface area contributed by atoms with Crippen molar-refractivity contribution in [2.75, 3.05) is 55.6 Å². The fourth-order valence-corrected chi connectivity index (χ4v) is 8.54. The van der Waals surface area contributed by atoms with E-state index in [1.807, 2.05) is 88.7 Å². The molecule has 4 heterocycles. The number of aryl methyl sites for hydroxylation is 1. The van der Waals surface area contributed by atoms with E-state index in [4.69, 9.17) is 11.6 Å². The van der Waals surface area contributed by atoms with Crippen LogP contribution in [-0.4, -0.2) is 92.2 Å². The molecule has 0 saturated carbocycles. The number of carbonyl (C=O) groups is 2. The minimum absolute atomic E-state index is 0.0502. The summed E-state index contributed by atoms with van der Waals surface area (Å²) in [6.07, 6.45) is 6.11. The van der Waals surface area contributed by atoms with Crippen molar-refractivity contribution in [3.8, 4) is 0 Å². The number of benzene rings is 4. The van der Waals surface area contributed by atoms with Crippen LogP contribution in [0, 0.1) is 5.82 Å². The van der Waals surface area contributed by atoms with Gasteiger partial charge in [0.25, 0.3) is 0 Å². The molecular weight excluding hydrogens is 803 g/mol. The second-order valence-corrected chi connectivity index (χ2v) is 16.4. The smallest absolute Gasteiger partial charge is 0.246 e. The monoisotopic (exact) mass is 848 g/mol. The van der Waals surface area contributed by atoms with Gasteiger partial charge in [-0.3, -0.25) is 9.59 Å². The van der Waals surface area contributed by atoms with Crippen molar-refractivity contribution in [2.24, 2.45) is 0 Å². The molecule has 2 saturated heterocycles. The molecule has 6 aromatic rings. The third-order valence-corrected chi connectivity index (χ3v) is 12.1. The first-order chi connectivity index (χ1) is 28.8. The zero-order valence-corrected chi connectivity index (χ0v) is 35.3. The van der Waals surface area contributed by atoms with E-state index in [2.05, 4.69) is 47.6 Å². The molecule has 2 aromatic heterocycles. The van der Waals surface area contributed by atoms with Crippen LogP contribution >= 0.6 is 34.7 Å². The van der Waals surface area contributed by atoms with Crippen LogP contribution < -0.4 is 9.80 Å². The quantitative estimate of drug-likeness (QED) is 0.121. The number of hydrogen-bond acceptors (Lipinski definition) is 10. The Hall–Kier alpha value is -5.50. The molecule has 10 nitrogen and oxygen atoms in total. The maximum Gasteiger partial charge on any atom is 0.246 e. The first kappa shape index (κ1) is 41.7. The van der Waals surface area contributed by atoms with Crippen molar-refractivity contribution < 1.29 is 14.0 Å². The summed E-state index contributed by atoms with van der Waals surface area (Å²) in [5.41, 5.74) is 4.35. The van der Waals surface area contributed by atoms with Crippen LogP contribution in [-0.2, 0) is 28.9 Å². The van der Waals surface area contributed by atoms with Gasteiger partial charge in [0.05, 0.1) is 0 Å². The first-order valence-electron chi connectivity index (χ1n) is 19.7. The predicted octanol–water partition coefficient (Wildman–Crippen LogP) is 8.08. The zero-order chi connectivity index (χ0) is 41.0. The molecule has 2 fully saturated rings. The molecule has 1 unspecified atom stereocenters. The molecule has 304 valence electrons. The summed E-state index contributed by atoms with van der Waals surface area (Å²) in [6.45, 7) is 7.19. The maximum absolute atomic E-state index is 13.1. The largest absolute Gasteiger partial charge is 0.343 e. The molecule has 0 aliphatic carbocycles. The third kappa shape index (κ3) is 12.0. The van der Waals surface area contributed by atoms with E-state index in [0.717, 1.165) is 76.2 Å². The zero-order valence-electron chi connectivity index (χ0n) is 32.9. The molecule has 0 N–H and O–H groups in total. The normalized spacial score (nSPS) is 15.6. The van der Waals surface area contributed by atoms with Crippen LogP contribution in [0.25, 0.3) is 6.08 Å². The van der Waals surface area contributed by atoms with E-state index in [0.29, 0.717) is 38.9 Å². The summed E-state index contributed by atoms with van der Waals surface area (Å²) in [7, 11) is 0. The number of anilines is 2. The van der Waals surface area contributed by atoms with Gasteiger partial charge in [-0.25, -0.2) is 14.4 Å². The van der Waals surface area contributed by atoms with E-state index in [-0.39, 0.29) is 23.7 Å². The van der Waals surface area contributed by atoms with E-state index in [9.17, 15) is 14.0 Å². The number of halogens is 2. The number of amides is 2. The molecule has 1 atom stereocenters. The van der Waals surface area contributed by atoms with Crippen molar-refractivity contribution in [3.05, 3.63) is 160 Å². The Balaban J connectivity index is 0.000000179. The lowest BCUT2D eigenvalue weighted by Gasteiger charge is -2.39. The summed E-state index contributed by atoms with van der Waals surface area (Å²) in [6, 6.07) is 34.3. The van der Waals surface area contributed by atoms with Gasteiger partial charge in [-0.1, -0.05) is 96.5 Å². The van der Waals surface area contributed by atoms with E-state index in [1.54, 1.807) is 18.2 Å². The Morgan fingerprint density at radius 1 is 0.712 bits per heavy atom. The molecule has 0 spiro atoms. The Labute approximate surface area is 357 Å². The highest BCUT2D eigenvalue weighted by molar-refractivity contribution is 7.10. The average molecular weight is 850 g/mol. The number of aromatic nitrogens is 4. The Morgan fingerprint density at radius 2 is 1.27 bits per heavy atom. The highest BCUT2D eigenvalue weighted by Crippen LogP contribution is 2.24. The molecule has 2 amide bonds. The minimum Gasteiger partial charge on any atom is -0.343 e. The van der Waals surface area contributed by atoms with Crippen molar-refractivity contribution in [2.45, 2.75) is 38.6 Å². The number of carbonyl (C=O) groups excluding carboxylic acids is 2. The van der Waals surface area contributed by atoms with Crippen LogP contribution in [0.3, 0.4) is 0 Å². The molecular formula is C45H46ClFN8O2S2. The molecule has 2 aliphatic heterocycles. The van der Waals surface area contributed by atoms with Gasteiger partial charge < -0.3 is 19.6 Å². The van der Waals surface area contributed by atoms with Gasteiger partial charge in [-0.05, 0) is 65.9 Å². The molecule has 8 rings (SSSR count). The van der Waals surface area contributed by atoms with Crippen molar-refractivity contribution >= 4 is 62.8 Å². The lowest BCUT2D eigenvalue weighted by atomic mass is 10.1. The topological polar surface area (TPSA) is 98.7 Å². The van der Waals surface area contributed by atoms with E-state index >= 15 is 0 Å². The van der Waals surface area contributed by atoms with Crippen molar-refractivity contribution in [3.63, 3.8) is 0 Å². The predicted molar refractivity (Wildman–Crippen MR) is 236 cm³/mol. The molecule has 14 heteroatoms. The van der Waals surface area contributed by atoms with E-state index in [1.165, 1.54) is 40.8 Å². The third-order valence-electron chi connectivity index (χ3n) is 10.2. The van der Waals surface area contributed by atoms with Crippen LogP contribution in [0.5, 0.6) is 0 Å². The number of nitrogens with zero attached hydrogens (tertiary/aromatic N) is 8. The number of rotatable bonds is 11. The molecule has 2 aliphatic rings. The first-order valence-corrected chi connectivity index (χ1v) is 21.7. The lowest BCUT2D eigenvalue weighted by molar-refractivity contribution is -0.133. The van der Waals surface area contributed by atoms with Gasteiger partial charge in [0.15, 0.2) is 0 Å². The van der Waals surface area contributed by atoms with Crippen LogP contribution in [0.15, 0.2) is 115 Å². The highest BCUT2D eigenvalue weighted by atomic mass is 35.5. The molecule has 4 aromatic carbocycles. The summed E-state index contributed by atoms with van der Waals surface area (Å²) >= 11 is 8.74. The fourth-order valence-electron chi connectivity index (χ4n) is 6.96. The Morgan fingerprint density at radius 3 is 1.88 bits per heavy atom. The Bertz CT molecular complexity index is 2280. The van der Waals surface area contributed by atoms with Crippen molar-refractivity contribution in [1.29, 1.82) is 0 Å². The molecule has 0 radical (unpaired) electrons. The fraction of sp³-hybridized carbons (Fsp3) is 0.289. The summed E-state index contributed by atoms with van der Waals surface area (Å²) in [5.74, 6) is 1.58. The standard InChI is InChI=1S/C23H25FN4OS.C22H21ClN4OS/c1-17-16-27(13-14-28(17)22(29)12-9-18-5-3-2-4-6-18)23-25-21(26-30-23)15-19-7-10-20(24)11-8-19;23-19-9-6-18(7-10-19)16-20-24-22(29-25-20)27-14-12-26(13-15-27)21(28)11-8-17-4-2-1-3-5-17/h2-8,10-11,17H,9,12-16H2,1H3;1-11H,12-16H2. The Kier molecular flexibility index (Phi) is 14.4. The minimum atomic E-state index is -0.240. The van der Waals surface area contributed by atoms with Gasteiger partial charge in [0.1, 0.15) is 17.5 Å². The van der Waals surface area contributed by atoms with Crippen LogP contribution in [0.4, 0.5) is 14.7 Å². The molecule has 0 bridgehead atoms. The maximum atomic E-state index is 13.1. The van der Waals surface area contributed by atoms with Gasteiger partial charge >= 0.3 is 0 Å². The van der Waals surface area contributed by atoms with Gasteiger partial charge in [-0.15, -0.1) is 0 Å². The summed E-state index contributed by atoms with van der Waals surface area (Å²) in [5, 5.41) is 2.53. The van der Waals surface area contributed by atoms with Gasteiger partial charge in [0.2, 0.25) is 22.1 Å². The number of hydrogen-bond donors (Lipinski definition) is 0. The summed E-state index contributed by atoms with van der Waals surface area (Å²) < 4.78 is 22.0. The molecule has 59 heavy (non-hydrogen) atoms. The second-order valence-electron chi connectivity index (χ2n) is 14.5. The van der Waals surface area contributed by atoms with Crippen LogP contribution in [0.1, 0.15) is 47.2 Å². The highest BCUT2D eigenvalue weighted by Gasteiger charge is 2.29. The lowest BCUT2D eigenvalue weighted by Crippen LogP contribution is -2.54. The number of piperazine rings is 2. The van der Waals surface area contributed by atoms with Crippen molar-refractivity contribution in [1.82, 2.24) is 28.5 Å². The SMILES string of the molecule is CC1CN(c2nc(Cc3ccc(F)cc3)ns2)CCN1C(=O)CCc1ccccc1.O=C(C=Cc1ccccc1)N1CCN(c2nc(Cc3ccc(Cl)cc3)ns2)CC1. The second kappa shape index (κ2) is 20.5. The average Bonchev–Trinajstić information content (AvgIpc) is 3.95. The van der Waals surface area contributed by atoms with Crippen LogP contribution in [0.2, 0.25) is 5.02 Å². The summed E-state index contributed by atoms with van der Waals surface area (Å²) in [4.78, 5) is 42.8.